The fourth-order valence-electron chi connectivity index (χ4n) is 3.49. The topological polar surface area (TPSA) is 75.9 Å². The molecule has 28 heavy (non-hydrogen) atoms. The molecule has 0 aliphatic carbocycles. The molecule has 1 aliphatic rings. The highest BCUT2D eigenvalue weighted by Gasteiger charge is 2.16. The second-order valence-corrected chi connectivity index (χ2v) is 6.95. The third-order valence-corrected chi connectivity index (χ3v) is 5.03. The van der Waals surface area contributed by atoms with E-state index in [2.05, 4.69) is 25.3 Å². The number of aromatic nitrogens is 4. The van der Waals surface area contributed by atoms with Gasteiger partial charge in [0.15, 0.2) is 0 Å². The van der Waals surface area contributed by atoms with E-state index < -0.39 is 0 Å². The Bertz CT molecular complexity index is 947. The van der Waals surface area contributed by atoms with Crippen molar-refractivity contribution in [2.45, 2.75) is 32.7 Å². The Kier molecular flexibility index (Phi) is 5.32. The Labute approximate surface area is 164 Å². The minimum atomic E-state index is -0.174. The highest BCUT2D eigenvalue weighted by molar-refractivity contribution is 5.95. The van der Waals surface area contributed by atoms with Crippen molar-refractivity contribution in [3.05, 3.63) is 65.9 Å². The molecule has 0 atom stereocenters. The second-order valence-electron chi connectivity index (χ2n) is 6.95. The first-order valence-corrected chi connectivity index (χ1v) is 9.67. The van der Waals surface area contributed by atoms with Crippen LogP contribution in [0.15, 0.2) is 48.8 Å². The lowest BCUT2D eigenvalue weighted by Gasteiger charge is -2.27. The molecule has 3 aromatic rings. The molecular formula is C21H24N6O. The first kappa shape index (κ1) is 18.2. The van der Waals surface area contributed by atoms with Crippen molar-refractivity contribution in [2.75, 3.05) is 18.0 Å². The molecule has 7 heteroatoms. The number of carbonyl (C=O) groups is 1. The molecule has 1 N–H and O–H groups in total. The van der Waals surface area contributed by atoms with Gasteiger partial charge in [-0.2, -0.15) is 5.10 Å². The number of piperidine rings is 1. The number of amides is 1. The first-order valence-electron chi connectivity index (χ1n) is 9.67. The Balaban J connectivity index is 1.43. The molecule has 0 radical (unpaired) electrons. The summed E-state index contributed by atoms with van der Waals surface area (Å²) in [5.74, 6) is 1.38. The molecule has 4 rings (SSSR count). The highest BCUT2D eigenvalue weighted by atomic mass is 16.1. The minimum absolute atomic E-state index is 0.174. The van der Waals surface area contributed by atoms with E-state index in [1.165, 1.54) is 19.3 Å². The van der Waals surface area contributed by atoms with E-state index in [1.807, 2.05) is 43.3 Å². The monoisotopic (exact) mass is 376 g/mol. The molecule has 0 spiro atoms. The summed E-state index contributed by atoms with van der Waals surface area (Å²) in [6.45, 7) is 4.24. The van der Waals surface area contributed by atoms with Gasteiger partial charge in [-0.25, -0.2) is 14.6 Å². The maximum Gasteiger partial charge on any atom is 0.255 e. The number of hydrogen-bond donors (Lipinski definition) is 1. The highest BCUT2D eigenvalue weighted by Crippen LogP contribution is 2.17. The van der Waals surface area contributed by atoms with Crippen LogP contribution in [0.5, 0.6) is 0 Å². The molecule has 0 bridgehead atoms. The van der Waals surface area contributed by atoms with Crippen LogP contribution in [0.2, 0.25) is 0 Å². The molecule has 1 saturated heterocycles. The summed E-state index contributed by atoms with van der Waals surface area (Å²) < 4.78 is 1.77. The van der Waals surface area contributed by atoms with Gasteiger partial charge in [-0.1, -0.05) is 18.2 Å². The van der Waals surface area contributed by atoms with Gasteiger partial charge >= 0.3 is 0 Å². The second kappa shape index (κ2) is 8.21. The third kappa shape index (κ3) is 3.88. The predicted molar refractivity (Wildman–Crippen MR) is 108 cm³/mol. The van der Waals surface area contributed by atoms with Gasteiger partial charge in [0.05, 0.1) is 29.7 Å². The molecule has 2 aromatic heterocycles. The Morgan fingerprint density at radius 2 is 1.89 bits per heavy atom. The van der Waals surface area contributed by atoms with Crippen LogP contribution in [0.25, 0.3) is 5.69 Å². The molecule has 0 unspecified atom stereocenters. The molecule has 1 aromatic carbocycles. The Hall–Kier alpha value is -3.22. The number of nitrogens with zero attached hydrogens (tertiary/aromatic N) is 5. The number of rotatable bonds is 5. The SMILES string of the molecule is Cc1c(C(=O)NCc2nccc(N3CCCCC3)n2)cnn1-c1ccccc1. The van der Waals surface area contributed by atoms with Crippen LogP contribution < -0.4 is 10.2 Å². The van der Waals surface area contributed by atoms with Crippen molar-refractivity contribution in [2.24, 2.45) is 0 Å². The molecule has 0 saturated carbocycles. The van der Waals surface area contributed by atoms with Crippen molar-refractivity contribution in [3.8, 4) is 5.69 Å². The standard InChI is InChI=1S/C21H24N6O/c1-16-18(14-24-27(16)17-8-4-2-5-9-17)21(28)23-15-19-22-11-10-20(25-19)26-12-6-3-7-13-26/h2,4-5,8-11,14H,3,6-7,12-13,15H2,1H3,(H,23,28). The van der Waals surface area contributed by atoms with E-state index >= 15 is 0 Å². The predicted octanol–water partition coefficient (Wildman–Crippen LogP) is 2.89. The molecule has 3 heterocycles. The number of anilines is 1. The lowest BCUT2D eigenvalue weighted by atomic mass is 10.1. The lowest BCUT2D eigenvalue weighted by Crippen LogP contribution is -2.31. The zero-order valence-electron chi connectivity index (χ0n) is 16.0. The van der Waals surface area contributed by atoms with Gasteiger partial charge in [0.2, 0.25) is 0 Å². The normalized spacial score (nSPS) is 14.1. The minimum Gasteiger partial charge on any atom is -0.357 e. The average Bonchev–Trinajstić information content (AvgIpc) is 3.15. The summed E-state index contributed by atoms with van der Waals surface area (Å²) in [7, 11) is 0. The summed E-state index contributed by atoms with van der Waals surface area (Å²) >= 11 is 0. The number of nitrogens with one attached hydrogen (secondary N) is 1. The van der Waals surface area contributed by atoms with Crippen molar-refractivity contribution < 1.29 is 4.79 Å². The number of benzene rings is 1. The summed E-state index contributed by atoms with van der Waals surface area (Å²) in [4.78, 5) is 23.8. The van der Waals surface area contributed by atoms with Crippen LogP contribution in [-0.2, 0) is 6.54 Å². The zero-order valence-corrected chi connectivity index (χ0v) is 16.0. The summed E-state index contributed by atoms with van der Waals surface area (Å²) in [5.41, 5.74) is 2.28. The molecular weight excluding hydrogens is 352 g/mol. The van der Waals surface area contributed by atoms with Crippen molar-refractivity contribution >= 4 is 11.7 Å². The zero-order chi connectivity index (χ0) is 19.3. The van der Waals surface area contributed by atoms with E-state index in [-0.39, 0.29) is 12.5 Å². The van der Waals surface area contributed by atoms with E-state index in [0.717, 1.165) is 30.3 Å². The van der Waals surface area contributed by atoms with Gasteiger partial charge < -0.3 is 10.2 Å². The number of para-hydroxylation sites is 1. The van der Waals surface area contributed by atoms with Gasteiger partial charge in [-0.3, -0.25) is 4.79 Å². The van der Waals surface area contributed by atoms with Crippen LogP contribution in [0, 0.1) is 6.92 Å². The molecule has 1 aliphatic heterocycles. The maximum atomic E-state index is 12.6. The first-order chi connectivity index (χ1) is 13.7. The molecule has 7 nitrogen and oxygen atoms in total. The third-order valence-electron chi connectivity index (χ3n) is 5.03. The van der Waals surface area contributed by atoms with Gasteiger partial charge in [-0.05, 0) is 44.4 Å². The van der Waals surface area contributed by atoms with E-state index in [0.29, 0.717) is 11.4 Å². The fourth-order valence-corrected chi connectivity index (χ4v) is 3.49. The van der Waals surface area contributed by atoms with Gasteiger partial charge in [0.25, 0.3) is 5.91 Å². The van der Waals surface area contributed by atoms with E-state index in [1.54, 1.807) is 17.1 Å². The molecule has 1 amide bonds. The van der Waals surface area contributed by atoms with E-state index in [9.17, 15) is 4.79 Å². The maximum absolute atomic E-state index is 12.6. The van der Waals surface area contributed by atoms with E-state index in [4.69, 9.17) is 0 Å². The van der Waals surface area contributed by atoms with Crippen LogP contribution in [0.3, 0.4) is 0 Å². The average molecular weight is 376 g/mol. The summed E-state index contributed by atoms with van der Waals surface area (Å²) in [6.07, 6.45) is 7.03. The Morgan fingerprint density at radius 1 is 1.11 bits per heavy atom. The van der Waals surface area contributed by atoms with Crippen LogP contribution in [-0.4, -0.2) is 38.7 Å². The van der Waals surface area contributed by atoms with Crippen LogP contribution in [0.4, 0.5) is 5.82 Å². The summed E-state index contributed by atoms with van der Waals surface area (Å²) in [6, 6.07) is 11.7. The van der Waals surface area contributed by atoms with Crippen LogP contribution >= 0.6 is 0 Å². The van der Waals surface area contributed by atoms with Gasteiger partial charge in [0.1, 0.15) is 11.6 Å². The quantitative estimate of drug-likeness (QED) is 0.741. The fraction of sp³-hybridized carbons (Fsp3) is 0.333. The Morgan fingerprint density at radius 3 is 2.68 bits per heavy atom. The molecule has 144 valence electrons. The summed E-state index contributed by atoms with van der Waals surface area (Å²) in [5, 5.41) is 7.27. The van der Waals surface area contributed by atoms with Crippen LogP contribution in [0.1, 0.15) is 41.1 Å². The number of hydrogen-bond acceptors (Lipinski definition) is 5. The van der Waals surface area contributed by atoms with Crippen molar-refractivity contribution in [1.82, 2.24) is 25.1 Å². The van der Waals surface area contributed by atoms with Crippen molar-refractivity contribution in [3.63, 3.8) is 0 Å². The largest absolute Gasteiger partial charge is 0.357 e. The number of carbonyl (C=O) groups excluding carboxylic acids is 1. The van der Waals surface area contributed by atoms with Gasteiger partial charge in [0, 0.05) is 19.3 Å². The molecule has 1 fully saturated rings. The van der Waals surface area contributed by atoms with Gasteiger partial charge in [-0.15, -0.1) is 0 Å². The lowest BCUT2D eigenvalue weighted by molar-refractivity contribution is 0.0949. The smallest absolute Gasteiger partial charge is 0.255 e. The van der Waals surface area contributed by atoms with Crippen molar-refractivity contribution in [1.29, 1.82) is 0 Å².